The van der Waals surface area contributed by atoms with Gasteiger partial charge in [0.2, 0.25) is 0 Å². The average Bonchev–Trinajstić information content (AvgIpc) is 2.33. The van der Waals surface area contributed by atoms with E-state index >= 15 is 0 Å². The van der Waals surface area contributed by atoms with Gasteiger partial charge in [0.15, 0.2) is 0 Å². The van der Waals surface area contributed by atoms with Crippen LogP contribution in [0.3, 0.4) is 0 Å². The van der Waals surface area contributed by atoms with Crippen LogP contribution in [0.25, 0.3) is 0 Å². The molecule has 0 aromatic heterocycles. The molecule has 0 aromatic rings. The topological polar surface area (TPSA) is 38.3 Å². The molecule has 1 atom stereocenters. The van der Waals surface area contributed by atoms with Crippen LogP contribution < -0.4 is 5.32 Å². The zero-order valence-electron chi connectivity index (χ0n) is 13.3. The lowest BCUT2D eigenvalue weighted by atomic mass is 9.98. The Labute approximate surface area is 123 Å². The Morgan fingerprint density at radius 2 is 1.95 bits per heavy atom. The lowest BCUT2D eigenvalue weighted by Crippen LogP contribution is -2.53. The minimum atomic E-state index is -0.554. The number of ether oxygens (including phenoxy) is 1. The first-order valence-electron chi connectivity index (χ1n) is 7.49. The fourth-order valence-electron chi connectivity index (χ4n) is 1.99. The van der Waals surface area contributed by atoms with Gasteiger partial charge in [0.25, 0.3) is 0 Å². The van der Waals surface area contributed by atoms with Crippen molar-refractivity contribution < 1.29 is 9.53 Å². The molecule has 0 radical (unpaired) electrons. The van der Waals surface area contributed by atoms with Crippen LogP contribution in [-0.2, 0) is 9.53 Å². The average molecular weight is 289 g/mol. The fourth-order valence-corrected chi connectivity index (χ4v) is 3.16. The number of thioether (sulfide) groups is 1. The second-order valence-corrected chi connectivity index (χ2v) is 6.65. The zero-order chi connectivity index (χ0) is 14.7. The van der Waals surface area contributed by atoms with Crippen molar-refractivity contribution in [2.75, 3.05) is 18.1 Å². The Balaban J connectivity index is 4.16. The molecule has 19 heavy (non-hydrogen) atoms. The van der Waals surface area contributed by atoms with Crippen LogP contribution in [0.4, 0.5) is 0 Å². The van der Waals surface area contributed by atoms with Crippen molar-refractivity contribution in [1.29, 1.82) is 0 Å². The molecule has 0 rings (SSSR count). The molecule has 1 unspecified atom stereocenters. The largest absolute Gasteiger partial charge is 0.465 e. The van der Waals surface area contributed by atoms with Crippen molar-refractivity contribution in [2.45, 2.75) is 71.9 Å². The number of hydrogen-bond acceptors (Lipinski definition) is 4. The van der Waals surface area contributed by atoms with Gasteiger partial charge in [-0.15, -0.1) is 0 Å². The molecule has 0 heterocycles. The van der Waals surface area contributed by atoms with Crippen LogP contribution in [0.2, 0.25) is 0 Å². The molecule has 3 nitrogen and oxygen atoms in total. The van der Waals surface area contributed by atoms with E-state index in [0.717, 1.165) is 12.2 Å². The summed E-state index contributed by atoms with van der Waals surface area (Å²) in [4.78, 5) is 12.1. The Hall–Kier alpha value is -0.220. The highest BCUT2D eigenvalue weighted by molar-refractivity contribution is 7.99. The monoisotopic (exact) mass is 289 g/mol. The molecular formula is C15H31NO2S. The third-order valence-electron chi connectivity index (χ3n) is 2.97. The van der Waals surface area contributed by atoms with Crippen LogP contribution in [0, 0.1) is 0 Å². The molecule has 0 aliphatic heterocycles. The summed E-state index contributed by atoms with van der Waals surface area (Å²) in [5.74, 6) is 2.06. The summed E-state index contributed by atoms with van der Waals surface area (Å²) in [6.45, 7) is 10.6. The van der Waals surface area contributed by atoms with E-state index in [1.54, 1.807) is 0 Å². The van der Waals surface area contributed by atoms with E-state index in [1.807, 2.05) is 25.6 Å². The third-order valence-corrected chi connectivity index (χ3v) is 4.04. The molecule has 0 saturated heterocycles. The van der Waals surface area contributed by atoms with Gasteiger partial charge in [-0.2, -0.15) is 11.8 Å². The summed E-state index contributed by atoms with van der Waals surface area (Å²) >= 11 is 1.93. The normalized spacial score (nSPS) is 14.4. The molecule has 0 amide bonds. The smallest absolute Gasteiger partial charge is 0.326 e. The van der Waals surface area contributed by atoms with E-state index in [9.17, 15) is 4.79 Å². The van der Waals surface area contributed by atoms with Gasteiger partial charge in [0.1, 0.15) is 5.54 Å². The van der Waals surface area contributed by atoms with Crippen molar-refractivity contribution in [3.8, 4) is 0 Å². The van der Waals surface area contributed by atoms with Gasteiger partial charge in [-0.25, -0.2) is 0 Å². The number of hydrogen-bond donors (Lipinski definition) is 1. The predicted octanol–water partition coefficient (Wildman–Crippen LogP) is 3.62. The van der Waals surface area contributed by atoms with E-state index in [0.29, 0.717) is 6.61 Å². The number of unbranched alkanes of at least 4 members (excludes halogenated alkanes) is 2. The van der Waals surface area contributed by atoms with E-state index < -0.39 is 5.54 Å². The number of carbonyl (C=O) groups is 1. The van der Waals surface area contributed by atoms with Crippen molar-refractivity contribution >= 4 is 17.7 Å². The molecule has 0 saturated carbocycles. The van der Waals surface area contributed by atoms with Crippen molar-refractivity contribution in [2.24, 2.45) is 0 Å². The highest BCUT2D eigenvalue weighted by Gasteiger charge is 2.34. The second-order valence-electron chi connectivity index (χ2n) is 5.42. The minimum Gasteiger partial charge on any atom is -0.465 e. The zero-order valence-corrected chi connectivity index (χ0v) is 14.1. The molecule has 0 fully saturated rings. The lowest BCUT2D eigenvalue weighted by Gasteiger charge is -2.30. The summed E-state index contributed by atoms with van der Waals surface area (Å²) in [6, 6.07) is 0.277. The maximum Gasteiger partial charge on any atom is 0.326 e. The summed E-state index contributed by atoms with van der Waals surface area (Å²) in [5, 5.41) is 3.35. The molecule has 0 aromatic carbocycles. The summed E-state index contributed by atoms with van der Waals surface area (Å²) in [7, 11) is 0. The SMILES string of the molecule is CCCCCSCCC(C)(NC(C)C)C(=O)OCC. The van der Waals surface area contributed by atoms with Gasteiger partial charge in [0.05, 0.1) is 6.61 Å². The molecule has 1 N–H and O–H groups in total. The Kier molecular flexibility index (Phi) is 10.4. The van der Waals surface area contributed by atoms with Crippen LogP contribution in [0.15, 0.2) is 0 Å². The molecule has 0 bridgehead atoms. The first kappa shape index (κ1) is 18.8. The number of nitrogens with one attached hydrogen (secondary N) is 1. The molecule has 0 spiro atoms. The van der Waals surface area contributed by atoms with Gasteiger partial charge >= 0.3 is 5.97 Å². The van der Waals surface area contributed by atoms with E-state index in [1.165, 1.54) is 25.0 Å². The maximum absolute atomic E-state index is 12.1. The van der Waals surface area contributed by atoms with Crippen molar-refractivity contribution in [1.82, 2.24) is 5.32 Å². The Morgan fingerprint density at radius 3 is 2.47 bits per heavy atom. The first-order valence-corrected chi connectivity index (χ1v) is 8.64. The second kappa shape index (κ2) is 10.6. The van der Waals surface area contributed by atoms with Crippen molar-refractivity contribution in [3.63, 3.8) is 0 Å². The molecule has 114 valence electrons. The number of carbonyl (C=O) groups excluding carboxylic acids is 1. The van der Waals surface area contributed by atoms with Gasteiger partial charge < -0.3 is 4.74 Å². The van der Waals surface area contributed by atoms with Crippen LogP contribution >= 0.6 is 11.8 Å². The third kappa shape index (κ3) is 8.53. The van der Waals surface area contributed by atoms with Crippen LogP contribution in [0.5, 0.6) is 0 Å². The number of rotatable bonds is 11. The lowest BCUT2D eigenvalue weighted by molar-refractivity contribution is -0.150. The van der Waals surface area contributed by atoms with E-state index in [-0.39, 0.29) is 12.0 Å². The predicted molar refractivity (Wildman–Crippen MR) is 84.8 cm³/mol. The standard InChI is InChI=1S/C15H31NO2S/c1-6-8-9-11-19-12-10-15(5,16-13(3)4)14(17)18-7-2/h13,16H,6-12H2,1-5H3. The molecule has 4 heteroatoms. The highest BCUT2D eigenvalue weighted by Crippen LogP contribution is 2.18. The quantitative estimate of drug-likeness (QED) is 0.466. The maximum atomic E-state index is 12.1. The summed E-state index contributed by atoms with van der Waals surface area (Å²) in [6.07, 6.45) is 4.65. The van der Waals surface area contributed by atoms with Gasteiger partial charge in [-0.1, -0.05) is 19.8 Å². The number of esters is 1. The summed E-state index contributed by atoms with van der Waals surface area (Å²) < 4.78 is 5.19. The van der Waals surface area contributed by atoms with Crippen molar-refractivity contribution in [3.05, 3.63) is 0 Å². The van der Waals surface area contributed by atoms with E-state index in [4.69, 9.17) is 4.74 Å². The first-order chi connectivity index (χ1) is 8.96. The fraction of sp³-hybridized carbons (Fsp3) is 0.933. The highest BCUT2D eigenvalue weighted by atomic mass is 32.2. The van der Waals surface area contributed by atoms with Gasteiger partial charge in [0, 0.05) is 6.04 Å². The van der Waals surface area contributed by atoms with Crippen LogP contribution in [-0.4, -0.2) is 35.7 Å². The van der Waals surface area contributed by atoms with E-state index in [2.05, 4.69) is 26.1 Å². The molecular weight excluding hydrogens is 258 g/mol. The Bertz CT molecular complexity index is 246. The molecule has 0 aliphatic carbocycles. The Morgan fingerprint density at radius 1 is 1.26 bits per heavy atom. The van der Waals surface area contributed by atoms with Gasteiger partial charge in [-0.3, -0.25) is 10.1 Å². The van der Waals surface area contributed by atoms with Gasteiger partial charge in [-0.05, 0) is 52.0 Å². The van der Waals surface area contributed by atoms with Crippen LogP contribution in [0.1, 0.15) is 60.3 Å². The summed E-state index contributed by atoms with van der Waals surface area (Å²) in [5.41, 5.74) is -0.554. The minimum absolute atomic E-state index is 0.127. The molecule has 0 aliphatic rings.